The lowest BCUT2D eigenvalue weighted by atomic mass is 10.1. The lowest BCUT2D eigenvalue weighted by molar-refractivity contribution is -0.123. The third-order valence-electron chi connectivity index (χ3n) is 5.91. The average molecular weight is 623 g/mol. The first kappa shape index (κ1) is 27.0. The smallest absolute Gasteiger partial charge is 0.343 e. The third kappa shape index (κ3) is 6.03. The van der Waals surface area contributed by atoms with Crippen LogP contribution < -0.4 is 9.47 Å². The van der Waals surface area contributed by atoms with E-state index in [2.05, 4.69) is 15.9 Å². The van der Waals surface area contributed by atoms with E-state index in [1.54, 1.807) is 43.3 Å². The Balaban J connectivity index is 1.38. The molecule has 0 aromatic heterocycles. The number of benzene rings is 4. The number of carbonyl (C=O) groups is 3. The highest BCUT2D eigenvalue weighted by atomic mass is 79.9. The van der Waals surface area contributed by atoms with Crippen molar-refractivity contribution in [1.29, 1.82) is 0 Å². The van der Waals surface area contributed by atoms with Gasteiger partial charge in [0.05, 0.1) is 28.1 Å². The first-order valence-corrected chi connectivity index (χ1v) is 14.0. The molecule has 4 aromatic carbocycles. The average Bonchev–Trinajstić information content (AvgIpc) is 3.17. The fourth-order valence-corrected chi connectivity index (χ4v) is 5.68. The summed E-state index contributed by atoms with van der Waals surface area (Å²) in [5.74, 6) is -0.460. The molecular formula is C30H21BrClNO5S. The van der Waals surface area contributed by atoms with Crippen LogP contribution in [0.4, 0.5) is 4.79 Å². The Labute approximate surface area is 242 Å². The first-order chi connectivity index (χ1) is 18.8. The summed E-state index contributed by atoms with van der Waals surface area (Å²) in [5, 5.41) is 2.21. The molecule has 0 atom stereocenters. The number of nitrogens with zero attached hydrogens (tertiary/aromatic N) is 1. The standard InChI is InChI=1S/C30H21BrClNO5S/c1-2-37-25-14-19(13-24(31)27(25)38-29(35)22-8-5-9-23(32)16-22)15-26-28(34)33(30(36)39-26)17-18-10-11-20-6-3-4-7-21(20)12-18/h3-16H,2,17H2,1H3/b26-15-. The van der Waals surface area contributed by atoms with E-state index in [1.807, 2.05) is 42.5 Å². The van der Waals surface area contributed by atoms with Crippen LogP contribution in [0.2, 0.25) is 5.02 Å². The molecule has 1 aliphatic heterocycles. The second-order valence-electron chi connectivity index (χ2n) is 8.61. The fourth-order valence-electron chi connectivity index (χ4n) is 4.11. The molecule has 1 heterocycles. The lowest BCUT2D eigenvalue weighted by Crippen LogP contribution is -2.27. The van der Waals surface area contributed by atoms with Crippen LogP contribution in [0.3, 0.4) is 0 Å². The van der Waals surface area contributed by atoms with E-state index in [-0.39, 0.29) is 23.4 Å². The molecule has 196 valence electrons. The second-order valence-corrected chi connectivity index (χ2v) is 10.9. The number of thioether (sulfide) groups is 1. The van der Waals surface area contributed by atoms with Gasteiger partial charge in [0.15, 0.2) is 11.5 Å². The van der Waals surface area contributed by atoms with Crippen molar-refractivity contribution in [2.45, 2.75) is 13.5 Å². The van der Waals surface area contributed by atoms with E-state index in [0.29, 0.717) is 37.9 Å². The van der Waals surface area contributed by atoms with Crippen LogP contribution in [-0.4, -0.2) is 28.6 Å². The van der Waals surface area contributed by atoms with Crippen molar-refractivity contribution < 1.29 is 23.9 Å². The number of ether oxygens (including phenoxy) is 2. The first-order valence-electron chi connectivity index (χ1n) is 12.0. The Hall–Kier alpha value is -3.59. The van der Waals surface area contributed by atoms with Crippen LogP contribution in [0.1, 0.15) is 28.4 Å². The molecule has 0 radical (unpaired) electrons. The predicted molar refractivity (Wildman–Crippen MR) is 157 cm³/mol. The Morgan fingerprint density at radius 3 is 2.56 bits per heavy atom. The topological polar surface area (TPSA) is 72.9 Å². The number of halogens is 2. The SMILES string of the molecule is CCOc1cc(/C=C2\SC(=O)N(Cc3ccc4ccccc4c3)C2=O)cc(Br)c1OC(=O)c1cccc(Cl)c1. The summed E-state index contributed by atoms with van der Waals surface area (Å²) >= 11 is 10.3. The van der Waals surface area contributed by atoms with E-state index in [4.69, 9.17) is 21.1 Å². The number of carbonyl (C=O) groups excluding carboxylic acids is 3. The molecular weight excluding hydrogens is 602 g/mol. The molecule has 9 heteroatoms. The van der Waals surface area contributed by atoms with E-state index in [1.165, 1.54) is 11.0 Å². The van der Waals surface area contributed by atoms with E-state index in [9.17, 15) is 14.4 Å². The normalized spacial score (nSPS) is 14.3. The molecule has 2 amide bonds. The molecule has 1 saturated heterocycles. The zero-order chi connectivity index (χ0) is 27.5. The highest BCUT2D eigenvalue weighted by Crippen LogP contribution is 2.40. The molecule has 0 bridgehead atoms. The molecule has 4 aromatic rings. The number of imide groups is 1. The zero-order valence-electron chi connectivity index (χ0n) is 20.6. The molecule has 0 unspecified atom stereocenters. The highest BCUT2D eigenvalue weighted by molar-refractivity contribution is 9.10. The van der Waals surface area contributed by atoms with Crippen molar-refractivity contribution in [3.05, 3.63) is 110 Å². The molecule has 0 aliphatic carbocycles. The van der Waals surface area contributed by atoms with Gasteiger partial charge >= 0.3 is 5.97 Å². The molecule has 1 fully saturated rings. The van der Waals surface area contributed by atoms with Crippen LogP contribution in [0.5, 0.6) is 11.5 Å². The number of hydrogen-bond acceptors (Lipinski definition) is 6. The van der Waals surface area contributed by atoms with Crippen LogP contribution in [0.25, 0.3) is 16.8 Å². The van der Waals surface area contributed by atoms with Gasteiger partial charge in [0, 0.05) is 5.02 Å². The maximum atomic E-state index is 13.2. The maximum Gasteiger partial charge on any atom is 0.343 e. The molecule has 39 heavy (non-hydrogen) atoms. The lowest BCUT2D eigenvalue weighted by Gasteiger charge is -2.14. The summed E-state index contributed by atoms with van der Waals surface area (Å²) in [6, 6.07) is 23.6. The van der Waals surface area contributed by atoms with Crippen LogP contribution >= 0.6 is 39.3 Å². The maximum absolute atomic E-state index is 13.2. The minimum absolute atomic E-state index is 0.180. The van der Waals surface area contributed by atoms with Gasteiger partial charge in [-0.3, -0.25) is 14.5 Å². The number of rotatable bonds is 7. The van der Waals surface area contributed by atoms with Crippen molar-refractivity contribution in [2.75, 3.05) is 6.61 Å². The van der Waals surface area contributed by atoms with E-state index >= 15 is 0 Å². The highest BCUT2D eigenvalue weighted by Gasteiger charge is 2.35. The van der Waals surface area contributed by atoms with Crippen LogP contribution in [0, 0.1) is 0 Å². The number of amides is 2. The van der Waals surface area contributed by atoms with Gasteiger partial charge in [0.1, 0.15) is 0 Å². The minimum atomic E-state index is -0.596. The number of esters is 1. The van der Waals surface area contributed by atoms with Crippen molar-refractivity contribution in [3.63, 3.8) is 0 Å². The van der Waals surface area contributed by atoms with Crippen LogP contribution in [-0.2, 0) is 11.3 Å². The van der Waals surface area contributed by atoms with Gasteiger partial charge in [-0.1, -0.05) is 54.1 Å². The molecule has 0 N–H and O–H groups in total. The number of hydrogen-bond donors (Lipinski definition) is 0. The Bertz CT molecular complexity index is 1650. The van der Waals surface area contributed by atoms with Gasteiger partial charge < -0.3 is 9.47 Å². The summed E-state index contributed by atoms with van der Waals surface area (Å²) < 4.78 is 11.8. The molecule has 0 spiro atoms. The molecule has 6 nitrogen and oxygen atoms in total. The van der Waals surface area contributed by atoms with Gasteiger partial charge in [-0.15, -0.1) is 0 Å². The van der Waals surface area contributed by atoms with Gasteiger partial charge in [-0.05, 0) is 99.0 Å². The Morgan fingerprint density at radius 2 is 1.79 bits per heavy atom. The fraction of sp³-hybridized carbons (Fsp3) is 0.100. The van der Waals surface area contributed by atoms with Crippen molar-refractivity contribution in [3.8, 4) is 11.5 Å². The molecule has 1 aliphatic rings. The van der Waals surface area contributed by atoms with Crippen molar-refractivity contribution in [2.24, 2.45) is 0 Å². The predicted octanol–water partition coefficient (Wildman–Crippen LogP) is 8.11. The summed E-state index contributed by atoms with van der Waals surface area (Å²) in [5.41, 5.74) is 1.76. The van der Waals surface area contributed by atoms with E-state index in [0.717, 1.165) is 28.1 Å². The largest absolute Gasteiger partial charge is 0.490 e. The minimum Gasteiger partial charge on any atom is -0.490 e. The van der Waals surface area contributed by atoms with Crippen molar-refractivity contribution in [1.82, 2.24) is 4.90 Å². The van der Waals surface area contributed by atoms with Crippen molar-refractivity contribution >= 4 is 73.3 Å². The number of fused-ring (bicyclic) bond motifs is 1. The van der Waals surface area contributed by atoms with Gasteiger partial charge in [0.2, 0.25) is 0 Å². The van der Waals surface area contributed by atoms with Gasteiger partial charge in [-0.2, -0.15) is 0 Å². The molecule has 5 rings (SSSR count). The summed E-state index contributed by atoms with van der Waals surface area (Å²) in [6.07, 6.45) is 1.63. The molecule has 0 saturated carbocycles. The van der Waals surface area contributed by atoms with E-state index < -0.39 is 5.97 Å². The van der Waals surface area contributed by atoms with Gasteiger partial charge in [0.25, 0.3) is 11.1 Å². The third-order valence-corrected chi connectivity index (χ3v) is 7.64. The zero-order valence-corrected chi connectivity index (χ0v) is 23.8. The quantitative estimate of drug-likeness (QED) is 0.118. The van der Waals surface area contributed by atoms with Crippen LogP contribution in [0.15, 0.2) is 88.2 Å². The Morgan fingerprint density at radius 1 is 1.00 bits per heavy atom. The van der Waals surface area contributed by atoms with Gasteiger partial charge in [-0.25, -0.2) is 4.79 Å². The summed E-state index contributed by atoms with van der Waals surface area (Å²) in [4.78, 5) is 40.2. The Kier molecular flexibility index (Phi) is 8.07. The monoisotopic (exact) mass is 621 g/mol. The second kappa shape index (κ2) is 11.7. The summed E-state index contributed by atoms with van der Waals surface area (Å²) in [6.45, 7) is 2.31. The summed E-state index contributed by atoms with van der Waals surface area (Å²) in [7, 11) is 0.